The molecule has 0 unspecified atom stereocenters. The van der Waals surface area contributed by atoms with Gasteiger partial charge in [-0.15, -0.1) is 0 Å². The highest BCUT2D eigenvalue weighted by Gasteiger charge is 2.34. The molecule has 1 heterocycles. The number of para-hydroxylation sites is 1. The lowest BCUT2D eigenvalue weighted by atomic mass is 9.89. The Balaban J connectivity index is 2.06. The zero-order valence-electron chi connectivity index (χ0n) is 17.6. The van der Waals surface area contributed by atoms with E-state index >= 15 is 0 Å². The minimum absolute atomic E-state index is 0.0213. The van der Waals surface area contributed by atoms with Crippen molar-refractivity contribution in [3.8, 4) is 16.9 Å². The average molecular weight is 396 g/mol. The lowest BCUT2D eigenvalue weighted by Gasteiger charge is -2.39. The molecule has 3 rings (SSSR count). The molecule has 0 aliphatic carbocycles. The van der Waals surface area contributed by atoms with Crippen LogP contribution in [0.25, 0.3) is 11.1 Å². The number of fused-ring (bicyclic) bond motifs is 1. The van der Waals surface area contributed by atoms with Crippen LogP contribution in [0.4, 0.5) is 10.5 Å². The predicted octanol–water partition coefficient (Wildman–Crippen LogP) is 4.68. The molecule has 2 aromatic rings. The summed E-state index contributed by atoms with van der Waals surface area (Å²) in [5, 5.41) is 2.97. The van der Waals surface area contributed by atoms with Crippen LogP contribution >= 0.6 is 0 Å². The van der Waals surface area contributed by atoms with Crippen molar-refractivity contribution in [3.05, 3.63) is 48.0 Å². The summed E-state index contributed by atoms with van der Waals surface area (Å²) < 4.78 is 10.8. The quantitative estimate of drug-likeness (QED) is 0.815. The van der Waals surface area contributed by atoms with Gasteiger partial charge in [0.2, 0.25) is 5.91 Å². The van der Waals surface area contributed by atoms with E-state index < -0.39 is 6.09 Å². The number of ether oxygens (including phenoxy) is 2. The minimum atomic E-state index is -0.456. The van der Waals surface area contributed by atoms with Crippen molar-refractivity contribution in [2.45, 2.75) is 52.3 Å². The van der Waals surface area contributed by atoms with Gasteiger partial charge in [0.15, 0.2) is 0 Å². The first-order valence-electron chi connectivity index (χ1n) is 9.86. The van der Waals surface area contributed by atoms with Crippen molar-refractivity contribution >= 4 is 17.7 Å². The van der Waals surface area contributed by atoms with Crippen molar-refractivity contribution in [3.63, 3.8) is 0 Å². The van der Waals surface area contributed by atoms with Gasteiger partial charge in [0.1, 0.15) is 5.75 Å². The molecule has 0 aromatic heterocycles. The Hall–Kier alpha value is -3.02. The van der Waals surface area contributed by atoms with Crippen LogP contribution < -0.4 is 15.0 Å². The molecule has 2 atom stereocenters. The molecule has 29 heavy (non-hydrogen) atoms. The molecule has 0 fully saturated rings. The van der Waals surface area contributed by atoms with Crippen LogP contribution in [0.1, 0.15) is 45.7 Å². The number of nitrogens with one attached hydrogen (secondary N) is 1. The third-order valence-corrected chi connectivity index (χ3v) is 5.07. The fraction of sp³-hybridized carbons (Fsp3) is 0.391. The molecule has 0 saturated carbocycles. The number of nitrogens with zero attached hydrogens (tertiary/aromatic N) is 1. The minimum Gasteiger partial charge on any atom is -0.496 e. The highest BCUT2D eigenvalue weighted by atomic mass is 16.6. The molecule has 6 nitrogen and oxygen atoms in total. The van der Waals surface area contributed by atoms with Crippen LogP contribution in [0.15, 0.2) is 42.5 Å². The first kappa shape index (κ1) is 20.7. The van der Waals surface area contributed by atoms with Gasteiger partial charge in [0, 0.05) is 24.2 Å². The van der Waals surface area contributed by atoms with E-state index in [0.29, 0.717) is 6.42 Å². The molecule has 0 bridgehead atoms. The summed E-state index contributed by atoms with van der Waals surface area (Å²) in [7, 11) is 1.64. The van der Waals surface area contributed by atoms with Crippen LogP contribution in [0.5, 0.6) is 5.75 Å². The molecule has 0 radical (unpaired) electrons. The molecule has 0 saturated heterocycles. The van der Waals surface area contributed by atoms with Crippen molar-refractivity contribution in [1.29, 1.82) is 0 Å². The van der Waals surface area contributed by atoms with Crippen LogP contribution in [0.2, 0.25) is 0 Å². The third-order valence-electron chi connectivity index (χ3n) is 5.07. The number of rotatable bonds is 4. The normalized spacial score (nSPS) is 18.2. The van der Waals surface area contributed by atoms with E-state index in [1.165, 1.54) is 0 Å². The van der Waals surface area contributed by atoms with Gasteiger partial charge in [-0.25, -0.2) is 4.79 Å². The van der Waals surface area contributed by atoms with Crippen LogP contribution in [-0.4, -0.2) is 31.3 Å². The summed E-state index contributed by atoms with van der Waals surface area (Å²) in [6.07, 6.45) is -0.0546. The summed E-state index contributed by atoms with van der Waals surface area (Å²) in [6.45, 7) is 7.18. The summed E-state index contributed by atoms with van der Waals surface area (Å²) in [5.41, 5.74) is 3.62. The van der Waals surface area contributed by atoms with Gasteiger partial charge in [-0.1, -0.05) is 24.3 Å². The fourth-order valence-corrected chi connectivity index (χ4v) is 3.92. The average Bonchev–Trinajstić information content (AvgIpc) is 2.66. The molecular weight excluding hydrogens is 368 g/mol. The van der Waals surface area contributed by atoms with Gasteiger partial charge < -0.3 is 19.7 Å². The number of amides is 2. The second-order valence-electron chi connectivity index (χ2n) is 7.60. The molecule has 2 amide bonds. The number of hydrogen-bond donors (Lipinski definition) is 1. The fourth-order valence-electron chi connectivity index (χ4n) is 3.92. The van der Waals surface area contributed by atoms with E-state index in [1.54, 1.807) is 18.9 Å². The Kier molecular flexibility index (Phi) is 6.11. The van der Waals surface area contributed by atoms with Gasteiger partial charge in [-0.2, -0.15) is 0 Å². The summed E-state index contributed by atoms with van der Waals surface area (Å²) in [5.74, 6) is 0.746. The zero-order valence-corrected chi connectivity index (χ0v) is 17.6. The monoisotopic (exact) mass is 396 g/mol. The maximum absolute atomic E-state index is 12.3. The molecule has 1 aliphatic heterocycles. The van der Waals surface area contributed by atoms with Gasteiger partial charge >= 0.3 is 6.09 Å². The van der Waals surface area contributed by atoms with E-state index in [2.05, 4.69) is 5.32 Å². The number of methoxy groups -OCH3 is 1. The second-order valence-corrected chi connectivity index (χ2v) is 7.60. The Bertz CT molecular complexity index is 910. The summed E-state index contributed by atoms with van der Waals surface area (Å²) in [6, 6.07) is 13.4. The molecule has 1 aliphatic rings. The largest absolute Gasteiger partial charge is 0.496 e. The number of carbonyl (C=O) groups excluding carboxylic acids is 2. The number of anilines is 1. The second kappa shape index (κ2) is 8.55. The van der Waals surface area contributed by atoms with Crippen molar-refractivity contribution < 1.29 is 19.1 Å². The Morgan fingerprint density at radius 1 is 1.17 bits per heavy atom. The first-order valence-corrected chi connectivity index (χ1v) is 9.86. The number of hydrogen-bond acceptors (Lipinski definition) is 4. The highest BCUT2D eigenvalue weighted by molar-refractivity contribution is 5.94. The van der Waals surface area contributed by atoms with Crippen LogP contribution in [0, 0.1) is 0 Å². The SMILES string of the molecule is COc1ccccc1-c1ccc2c(c1)[C@H](NC(=O)OC(C)C)C[C@H](C)N2C(C)=O. The lowest BCUT2D eigenvalue weighted by Crippen LogP contribution is -2.45. The van der Waals surface area contributed by atoms with Crippen molar-refractivity contribution in [2.75, 3.05) is 12.0 Å². The standard InChI is InChI=1S/C23H28N2O4/c1-14(2)29-23(27)24-20-12-15(3)25(16(4)26)21-11-10-17(13-19(20)21)18-8-6-7-9-22(18)28-5/h6-11,13-15,20H,12H2,1-5H3,(H,24,27)/t15-,20+/m0/s1. The molecular formula is C23H28N2O4. The van der Waals surface area contributed by atoms with Gasteiger partial charge in [0.05, 0.1) is 19.3 Å². The highest BCUT2D eigenvalue weighted by Crippen LogP contribution is 2.41. The maximum Gasteiger partial charge on any atom is 0.407 e. The van der Waals surface area contributed by atoms with Crippen molar-refractivity contribution in [2.24, 2.45) is 0 Å². The molecule has 1 N–H and O–H groups in total. The molecule has 0 spiro atoms. The Morgan fingerprint density at radius 3 is 2.55 bits per heavy atom. The first-order chi connectivity index (χ1) is 13.8. The van der Waals surface area contributed by atoms with E-state index in [4.69, 9.17) is 9.47 Å². The summed E-state index contributed by atoms with van der Waals surface area (Å²) >= 11 is 0. The Labute approximate surface area is 171 Å². The van der Waals surface area contributed by atoms with Gasteiger partial charge in [-0.3, -0.25) is 4.79 Å². The van der Waals surface area contributed by atoms with Gasteiger partial charge in [-0.05, 0) is 56.5 Å². The number of carbonyl (C=O) groups is 2. The van der Waals surface area contributed by atoms with Crippen LogP contribution in [0.3, 0.4) is 0 Å². The molecule has 6 heteroatoms. The van der Waals surface area contributed by atoms with Gasteiger partial charge in [0.25, 0.3) is 0 Å². The third kappa shape index (κ3) is 4.36. The zero-order chi connectivity index (χ0) is 21.1. The maximum atomic E-state index is 12.3. The van der Waals surface area contributed by atoms with Crippen LogP contribution in [-0.2, 0) is 9.53 Å². The van der Waals surface area contributed by atoms with E-state index in [1.807, 2.05) is 63.2 Å². The predicted molar refractivity (Wildman–Crippen MR) is 113 cm³/mol. The van der Waals surface area contributed by atoms with Crippen molar-refractivity contribution in [1.82, 2.24) is 5.32 Å². The number of benzene rings is 2. The van der Waals surface area contributed by atoms with E-state index in [-0.39, 0.29) is 24.1 Å². The smallest absolute Gasteiger partial charge is 0.407 e. The topological polar surface area (TPSA) is 67.9 Å². The number of alkyl carbamates (subject to hydrolysis) is 1. The van der Waals surface area contributed by atoms with E-state index in [0.717, 1.165) is 28.1 Å². The Morgan fingerprint density at radius 2 is 1.90 bits per heavy atom. The summed E-state index contributed by atoms with van der Waals surface area (Å²) in [4.78, 5) is 26.4. The molecule has 154 valence electrons. The van der Waals surface area contributed by atoms with E-state index in [9.17, 15) is 9.59 Å². The molecule has 2 aromatic carbocycles. The lowest BCUT2D eigenvalue weighted by molar-refractivity contribution is -0.117.